The van der Waals surface area contributed by atoms with E-state index in [2.05, 4.69) is 16.5 Å². The van der Waals surface area contributed by atoms with E-state index in [1.165, 1.54) is 0 Å². The van der Waals surface area contributed by atoms with Crippen LogP contribution in [0.25, 0.3) is 0 Å². The number of rotatable bonds is 1. The third-order valence-electron chi connectivity index (χ3n) is 3.29. The highest BCUT2D eigenvalue weighted by atomic mass is 15.1. The Morgan fingerprint density at radius 3 is 3.08 bits per heavy atom. The van der Waals surface area contributed by atoms with Crippen LogP contribution in [0.4, 0.5) is 0 Å². The van der Waals surface area contributed by atoms with Crippen molar-refractivity contribution >= 4 is 0 Å². The van der Waals surface area contributed by atoms with Crippen LogP contribution >= 0.6 is 0 Å². The average Bonchev–Trinajstić information content (AvgIpc) is 2.58. The summed E-state index contributed by atoms with van der Waals surface area (Å²) in [7, 11) is 2.00. The molecule has 1 aromatic rings. The van der Waals surface area contributed by atoms with E-state index in [1.807, 2.05) is 17.9 Å². The molecule has 4 nitrogen and oxygen atoms in total. The lowest BCUT2D eigenvalue weighted by Crippen LogP contribution is -2.25. The van der Waals surface area contributed by atoms with Crippen LogP contribution in [0.3, 0.4) is 0 Å². The Morgan fingerprint density at radius 2 is 2.54 bits per heavy atom. The average molecular weight is 178 g/mol. The Labute approximate surface area is 77.1 Å². The zero-order valence-electron chi connectivity index (χ0n) is 7.64. The zero-order valence-corrected chi connectivity index (χ0v) is 7.64. The molecular weight excluding hydrogens is 164 g/mol. The van der Waals surface area contributed by atoms with Crippen LogP contribution in [0.2, 0.25) is 0 Å². The van der Waals surface area contributed by atoms with Crippen molar-refractivity contribution in [3.05, 3.63) is 18.2 Å². The minimum atomic E-state index is 0.404. The topological polar surface area (TPSA) is 55.9 Å². The smallest absolute Gasteiger partial charge is 0.0947 e. The van der Waals surface area contributed by atoms with Gasteiger partial charge in [0, 0.05) is 31.7 Å². The molecule has 13 heavy (non-hydrogen) atoms. The first-order valence-corrected chi connectivity index (χ1v) is 4.74. The van der Waals surface area contributed by atoms with E-state index >= 15 is 0 Å². The summed E-state index contributed by atoms with van der Waals surface area (Å²) in [4.78, 5) is 4.35. The molecule has 1 aromatic heterocycles. The number of fused-ring (bicyclic) bond motifs is 1. The molecule has 3 rings (SSSR count). The van der Waals surface area contributed by atoms with Crippen LogP contribution in [0.5, 0.6) is 0 Å². The molecule has 2 aliphatic rings. The number of aryl methyl sites for hydroxylation is 1. The number of piperidine rings is 1. The zero-order chi connectivity index (χ0) is 9.00. The summed E-state index contributed by atoms with van der Waals surface area (Å²) >= 11 is 0. The van der Waals surface area contributed by atoms with Gasteiger partial charge in [-0.05, 0) is 5.92 Å². The molecule has 0 spiro atoms. The normalized spacial score (nSPS) is 42.0. The van der Waals surface area contributed by atoms with E-state index in [0.29, 0.717) is 23.9 Å². The molecule has 0 bridgehead atoms. The van der Waals surface area contributed by atoms with E-state index in [4.69, 9.17) is 5.73 Å². The molecule has 4 unspecified atom stereocenters. The van der Waals surface area contributed by atoms with Crippen molar-refractivity contribution in [3.8, 4) is 0 Å². The number of nitrogens with zero attached hydrogens (tertiary/aromatic N) is 2. The second kappa shape index (κ2) is 2.33. The van der Waals surface area contributed by atoms with Crippen molar-refractivity contribution < 1.29 is 0 Å². The Balaban J connectivity index is 1.86. The van der Waals surface area contributed by atoms with Gasteiger partial charge >= 0.3 is 0 Å². The maximum atomic E-state index is 5.93. The van der Waals surface area contributed by atoms with E-state index < -0.39 is 0 Å². The summed E-state index contributed by atoms with van der Waals surface area (Å²) in [6.45, 7) is 1.06. The highest BCUT2D eigenvalue weighted by molar-refractivity contribution is 5.20. The molecule has 0 amide bonds. The Hall–Kier alpha value is -0.870. The number of nitrogens with one attached hydrogen (secondary N) is 1. The largest absolute Gasteiger partial charge is 0.340 e. The van der Waals surface area contributed by atoms with E-state index in [9.17, 15) is 0 Å². The van der Waals surface area contributed by atoms with Gasteiger partial charge in [-0.25, -0.2) is 4.98 Å². The Morgan fingerprint density at radius 1 is 1.69 bits per heavy atom. The van der Waals surface area contributed by atoms with Gasteiger partial charge in [0.1, 0.15) is 0 Å². The van der Waals surface area contributed by atoms with E-state index in [0.717, 1.165) is 12.2 Å². The lowest BCUT2D eigenvalue weighted by Gasteiger charge is -2.11. The molecule has 1 aliphatic heterocycles. The highest BCUT2D eigenvalue weighted by Crippen LogP contribution is 2.50. The first-order chi connectivity index (χ1) is 6.27. The summed E-state index contributed by atoms with van der Waals surface area (Å²) in [5, 5.41) is 3.46. The third kappa shape index (κ3) is 0.957. The van der Waals surface area contributed by atoms with Gasteiger partial charge in [-0.3, -0.25) is 0 Å². The van der Waals surface area contributed by atoms with Crippen LogP contribution in [-0.4, -0.2) is 22.1 Å². The maximum Gasteiger partial charge on any atom is 0.0947 e. The number of nitrogens with two attached hydrogens (primary N) is 1. The SMILES string of the molecule is Cn1cnc(C2NCC3C(N)C23)c1. The molecule has 3 N–H and O–H groups in total. The van der Waals surface area contributed by atoms with E-state index in [-0.39, 0.29) is 0 Å². The van der Waals surface area contributed by atoms with Crippen LogP contribution < -0.4 is 11.1 Å². The van der Waals surface area contributed by atoms with Crippen LogP contribution in [0, 0.1) is 11.8 Å². The molecular formula is C9H14N4. The number of hydrogen-bond donors (Lipinski definition) is 2. The molecule has 0 radical (unpaired) electrons. The summed E-state index contributed by atoms with van der Waals surface area (Å²) in [5.74, 6) is 1.34. The minimum absolute atomic E-state index is 0.404. The standard InChI is InChI=1S/C9H14N4/c1-13-3-6(12-4-13)9-7-5(2-11-9)8(7)10/h3-5,7-9,11H,2,10H2,1H3. The lowest BCUT2D eigenvalue weighted by atomic mass is 10.1. The van der Waals surface area contributed by atoms with Crippen molar-refractivity contribution in [2.45, 2.75) is 12.1 Å². The van der Waals surface area contributed by atoms with Gasteiger partial charge in [-0.2, -0.15) is 0 Å². The fraction of sp³-hybridized carbons (Fsp3) is 0.667. The number of imidazole rings is 1. The second-order valence-corrected chi connectivity index (χ2v) is 4.17. The van der Waals surface area contributed by atoms with Gasteiger partial charge in [-0.15, -0.1) is 0 Å². The van der Waals surface area contributed by atoms with Crippen molar-refractivity contribution in [1.29, 1.82) is 0 Å². The van der Waals surface area contributed by atoms with Gasteiger partial charge in [0.15, 0.2) is 0 Å². The lowest BCUT2D eigenvalue weighted by molar-refractivity contribution is 0.526. The molecule has 4 heteroatoms. The van der Waals surface area contributed by atoms with Crippen molar-refractivity contribution in [2.24, 2.45) is 24.6 Å². The molecule has 1 saturated carbocycles. The summed E-state index contributed by atoms with van der Waals surface area (Å²) in [6.07, 6.45) is 3.92. The third-order valence-corrected chi connectivity index (χ3v) is 3.29. The number of aromatic nitrogens is 2. The Kier molecular flexibility index (Phi) is 1.35. The highest BCUT2D eigenvalue weighted by Gasteiger charge is 2.56. The molecule has 1 aliphatic carbocycles. The quantitative estimate of drug-likeness (QED) is 0.617. The Bertz CT molecular complexity index is 332. The van der Waals surface area contributed by atoms with Crippen molar-refractivity contribution in [2.75, 3.05) is 6.54 Å². The molecule has 2 fully saturated rings. The first kappa shape index (κ1) is 7.53. The van der Waals surface area contributed by atoms with Gasteiger partial charge in [0.25, 0.3) is 0 Å². The first-order valence-electron chi connectivity index (χ1n) is 4.74. The minimum Gasteiger partial charge on any atom is -0.340 e. The van der Waals surface area contributed by atoms with Gasteiger partial charge in [0.05, 0.1) is 18.1 Å². The van der Waals surface area contributed by atoms with Gasteiger partial charge in [-0.1, -0.05) is 0 Å². The molecule has 70 valence electrons. The maximum absolute atomic E-state index is 5.93. The van der Waals surface area contributed by atoms with Gasteiger partial charge < -0.3 is 15.6 Å². The summed E-state index contributed by atoms with van der Waals surface area (Å²) in [5.41, 5.74) is 7.07. The van der Waals surface area contributed by atoms with Crippen LogP contribution in [-0.2, 0) is 7.05 Å². The van der Waals surface area contributed by atoms with Crippen molar-refractivity contribution in [3.63, 3.8) is 0 Å². The fourth-order valence-electron chi connectivity index (χ4n) is 2.46. The number of hydrogen-bond acceptors (Lipinski definition) is 3. The molecule has 4 atom stereocenters. The summed E-state index contributed by atoms with van der Waals surface area (Å²) in [6, 6.07) is 0.814. The monoisotopic (exact) mass is 178 g/mol. The predicted octanol–water partition coefficient (Wildman–Crippen LogP) is -0.362. The van der Waals surface area contributed by atoms with Crippen LogP contribution in [0.1, 0.15) is 11.7 Å². The molecule has 1 saturated heterocycles. The van der Waals surface area contributed by atoms with Gasteiger partial charge in [0.2, 0.25) is 0 Å². The predicted molar refractivity (Wildman–Crippen MR) is 48.9 cm³/mol. The van der Waals surface area contributed by atoms with Crippen molar-refractivity contribution in [1.82, 2.24) is 14.9 Å². The summed E-state index contributed by atoms with van der Waals surface area (Å²) < 4.78 is 1.98. The molecule has 2 heterocycles. The molecule has 0 aromatic carbocycles. The second-order valence-electron chi connectivity index (χ2n) is 4.17. The van der Waals surface area contributed by atoms with Crippen LogP contribution in [0.15, 0.2) is 12.5 Å². The van der Waals surface area contributed by atoms with E-state index in [1.54, 1.807) is 0 Å². The fourth-order valence-corrected chi connectivity index (χ4v) is 2.46.